The number of hydrogen-bond donors (Lipinski definition) is 1. The fourth-order valence-corrected chi connectivity index (χ4v) is 2.66. The number of nitrogens with zero attached hydrogens (tertiary/aromatic N) is 1. The van der Waals surface area contributed by atoms with Gasteiger partial charge in [-0.25, -0.2) is 0 Å². The normalized spacial score (nSPS) is 19.4. The van der Waals surface area contributed by atoms with Gasteiger partial charge in [-0.2, -0.15) is 0 Å². The molecule has 1 aliphatic rings. The van der Waals surface area contributed by atoms with Gasteiger partial charge in [-0.1, -0.05) is 12.1 Å². The molecular formula is C15H24N2O3. The minimum Gasteiger partial charge on any atom is -0.493 e. The van der Waals surface area contributed by atoms with Crippen molar-refractivity contribution in [3.8, 4) is 11.5 Å². The van der Waals surface area contributed by atoms with E-state index in [-0.39, 0.29) is 0 Å². The molecule has 1 heterocycles. The van der Waals surface area contributed by atoms with E-state index in [0.29, 0.717) is 6.42 Å². The van der Waals surface area contributed by atoms with E-state index in [4.69, 9.17) is 19.9 Å². The summed E-state index contributed by atoms with van der Waals surface area (Å²) in [6, 6.07) is 5.89. The SMILES string of the molecule is COc1cccc(CC(C)(N)N2CCOCC2)c1OC. The molecule has 0 aliphatic carbocycles. The minimum atomic E-state index is -0.427. The van der Waals surface area contributed by atoms with Crippen molar-refractivity contribution < 1.29 is 14.2 Å². The zero-order valence-corrected chi connectivity index (χ0v) is 12.5. The summed E-state index contributed by atoms with van der Waals surface area (Å²) < 4.78 is 16.2. The second-order valence-electron chi connectivity index (χ2n) is 5.29. The van der Waals surface area contributed by atoms with Gasteiger partial charge in [0.25, 0.3) is 0 Å². The lowest BCUT2D eigenvalue weighted by atomic mass is 9.98. The van der Waals surface area contributed by atoms with Gasteiger partial charge < -0.3 is 19.9 Å². The van der Waals surface area contributed by atoms with Gasteiger partial charge in [-0.15, -0.1) is 0 Å². The number of methoxy groups -OCH3 is 2. The molecule has 0 radical (unpaired) electrons. The molecule has 1 aromatic rings. The van der Waals surface area contributed by atoms with Gasteiger partial charge in [0.2, 0.25) is 0 Å². The lowest BCUT2D eigenvalue weighted by Crippen LogP contribution is -2.58. The van der Waals surface area contributed by atoms with Gasteiger partial charge in [0.05, 0.1) is 33.1 Å². The fraction of sp³-hybridized carbons (Fsp3) is 0.600. The molecule has 5 heteroatoms. The zero-order valence-electron chi connectivity index (χ0n) is 12.5. The molecular weight excluding hydrogens is 256 g/mol. The average molecular weight is 280 g/mol. The Bertz CT molecular complexity index is 443. The van der Waals surface area contributed by atoms with E-state index in [1.165, 1.54) is 0 Å². The van der Waals surface area contributed by atoms with Crippen molar-refractivity contribution >= 4 is 0 Å². The first-order valence-corrected chi connectivity index (χ1v) is 6.90. The van der Waals surface area contributed by atoms with Crippen molar-refractivity contribution in [3.63, 3.8) is 0 Å². The van der Waals surface area contributed by atoms with Crippen LogP contribution in [0.25, 0.3) is 0 Å². The highest BCUT2D eigenvalue weighted by Crippen LogP contribution is 2.33. The third kappa shape index (κ3) is 3.23. The Hall–Kier alpha value is -1.30. The zero-order chi connectivity index (χ0) is 14.6. The van der Waals surface area contributed by atoms with E-state index in [9.17, 15) is 0 Å². The van der Waals surface area contributed by atoms with E-state index in [0.717, 1.165) is 43.4 Å². The average Bonchev–Trinajstić information content (AvgIpc) is 2.47. The number of ether oxygens (including phenoxy) is 3. The lowest BCUT2D eigenvalue weighted by molar-refractivity contribution is -0.0144. The Morgan fingerprint density at radius 2 is 1.95 bits per heavy atom. The number of hydrogen-bond acceptors (Lipinski definition) is 5. The summed E-state index contributed by atoms with van der Waals surface area (Å²) in [4.78, 5) is 2.26. The van der Waals surface area contributed by atoms with Crippen LogP contribution in [0.3, 0.4) is 0 Å². The van der Waals surface area contributed by atoms with Crippen molar-refractivity contribution in [1.29, 1.82) is 0 Å². The van der Waals surface area contributed by atoms with Gasteiger partial charge in [0, 0.05) is 25.1 Å². The highest BCUT2D eigenvalue weighted by Gasteiger charge is 2.30. The van der Waals surface area contributed by atoms with Gasteiger partial charge in [-0.05, 0) is 13.0 Å². The van der Waals surface area contributed by atoms with E-state index in [1.807, 2.05) is 18.2 Å². The second-order valence-corrected chi connectivity index (χ2v) is 5.29. The first kappa shape index (κ1) is 15.1. The first-order valence-electron chi connectivity index (χ1n) is 6.90. The minimum absolute atomic E-state index is 0.427. The van der Waals surface area contributed by atoms with Crippen LogP contribution in [0.15, 0.2) is 18.2 Å². The molecule has 0 bridgehead atoms. The molecule has 1 unspecified atom stereocenters. The van der Waals surface area contributed by atoms with Crippen LogP contribution in [0.4, 0.5) is 0 Å². The number of morpholine rings is 1. The topological polar surface area (TPSA) is 57.0 Å². The number of nitrogens with two attached hydrogens (primary N) is 1. The molecule has 112 valence electrons. The molecule has 20 heavy (non-hydrogen) atoms. The fourth-order valence-electron chi connectivity index (χ4n) is 2.66. The standard InChI is InChI=1S/C15H24N2O3/c1-15(16,17-7-9-20-10-8-17)11-12-5-4-6-13(18-2)14(12)19-3/h4-6H,7-11,16H2,1-3H3. The largest absolute Gasteiger partial charge is 0.493 e. The third-order valence-corrected chi connectivity index (χ3v) is 3.77. The summed E-state index contributed by atoms with van der Waals surface area (Å²) in [5.41, 5.74) is 7.14. The maximum atomic E-state index is 6.51. The summed E-state index contributed by atoms with van der Waals surface area (Å²) in [7, 11) is 3.30. The van der Waals surface area contributed by atoms with Gasteiger partial charge in [0.15, 0.2) is 11.5 Å². The van der Waals surface area contributed by atoms with E-state index in [1.54, 1.807) is 14.2 Å². The van der Waals surface area contributed by atoms with Gasteiger partial charge in [-0.3, -0.25) is 4.90 Å². The summed E-state index contributed by atoms with van der Waals surface area (Å²) >= 11 is 0. The lowest BCUT2D eigenvalue weighted by Gasteiger charge is -2.40. The second kappa shape index (κ2) is 6.43. The van der Waals surface area contributed by atoms with Crippen LogP contribution < -0.4 is 15.2 Å². The Labute approximate surface area is 120 Å². The van der Waals surface area contributed by atoms with Crippen LogP contribution in [0.1, 0.15) is 12.5 Å². The van der Waals surface area contributed by atoms with E-state index >= 15 is 0 Å². The Morgan fingerprint density at radius 3 is 2.55 bits per heavy atom. The van der Waals surface area contributed by atoms with Crippen LogP contribution in [-0.4, -0.2) is 51.1 Å². The highest BCUT2D eigenvalue weighted by molar-refractivity contribution is 5.47. The van der Waals surface area contributed by atoms with Gasteiger partial charge >= 0.3 is 0 Å². The third-order valence-electron chi connectivity index (χ3n) is 3.77. The monoisotopic (exact) mass is 280 g/mol. The highest BCUT2D eigenvalue weighted by atomic mass is 16.5. The smallest absolute Gasteiger partial charge is 0.164 e. The summed E-state index contributed by atoms with van der Waals surface area (Å²) in [6.07, 6.45) is 0.702. The van der Waals surface area contributed by atoms with Crippen molar-refractivity contribution in [2.75, 3.05) is 40.5 Å². The van der Waals surface area contributed by atoms with Crippen molar-refractivity contribution in [1.82, 2.24) is 4.90 Å². The van der Waals surface area contributed by atoms with Gasteiger partial charge in [0.1, 0.15) is 0 Å². The van der Waals surface area contributed by atoms with Crippen LogP contribution >= 0.6 is 0 Å². The molecule has 0 aromatic heterocycles. The molecule has 1 aromatic carbocycles. The Morgan fingerprint density at radius 1 is 1.25 bits per heavy atom. The van der Waals surface area contributed by atoms with Crippen molar-refractivity contribution in [3.05, 3.63) is 23.8 Å². The van der Waals surface area contributed by atoms with Crippen molar-refractivity contribution in [2.24, 2.45) is 5.73 Å². The van der Waals surface area contributed by atoms with Crippen LogP contribution in [-0.2, 0) is 11.2 Å². The molecule has 2 rings (SSSR count). The number of rotatable bonds is 5. The molecule has 1 atom stereocenters. The predicted molar refractivity (Wildman–Crippen MR) is 78.2 cm³/mol. The van der Waals surface area contributed by atoms with Crippen LogP contribution in [0.5, 0.6) is 11.5 Å². The summed E-state index contributed by atoms with van der Waals surface area (Å²) in [5, 5.41) is 0. The molecule has 5 nitrogen and oxygen atoms in total. The number of benzene rings is 1. The summed E-state index contributed by atoms with van der Waals surface area (Å²) in [6.45, 7) is 5.25. The molecule has 0 amide bonds. The molecule has 2 N–H and O–H groups in total. The molecule has 1 aliphatic heterocycles. The van der Waals surface area contributed by atoms with Crippen LogP contribution in [0, 0.1) is 0 Å². The quantitative estimate of drug-likeness (QED) is 0.880. The van der Waals surface area contributed by atoms with Crippen molar-refractivity contribution in [2.45, 2.75) is 19.0 Å². The summed E-state index contributed by atoms with van der Waals surface area (Å²) in [5.74, 6) is 1.50. The Balaban J connectivity index is 2.19. The van der Waals surface area contributed by atoms with Crippen LogP contribution in [0.2, 0.25) is 0 Å². The predicted octanol–water partition coefficient (Wildman–Crippen LogP) is 1.25. The Kier molecular flexibility index (Phi) is 4.86. The molecule has 1 fully saturated rings. The maximum Gasteiger partial charge on any atom is 0.164 e. The molecule has 0 spiro atoms. The molecule has 1 saturated heterocycles. The maximum absolute atomic E-state index is 6.51. The first-order chi connectivity index (χ1) is 9.58. The molecule has 0 saturated carbocycles. The van der Waals surface area contributed by atoms with E-state index in [2.05, 4.69) is 11.8 Å². The number of para-hydroxylation sites is 1. The van der Waals surface area contributed by atoms with E-state index < -0.39 is 5.66 Å².